The average Bonchev–Trinajstić information content (AvgIpc) is 2.83. The Hall–Kier alpha value is -4.17. The molecule has 2 heterocycles. The number of nitrogen functional groups attached to an aromatic ring is 1. The van der Waals surface area contributed by atoms with Gasteiger partial charge in [-0.25, -0.2) is 4.98 Å². The molecule has 0 bridgehead atoms. The fourth-order valence-corrected chi connectivity index (χ4v) is 4.21. The number of hydrogen-bond donors (Lipinski definition) is 2. The van der Waals surface area contributed by atoms with E-state index in [-0.39, 0.29) is 22.0 Å². The molecule has 0 fully saturated rings. The molecule has 0 spiro atoms. The van der Waals surface area contributed by atoms with Crippen molar-refractivity contribution in [3.8, 4) is 17.1 Å². The first kappa shape index (κ1) is 24.9. The van der Waals surface area contributed by atoms with Crippen LogP contribution in [-0.4, -0.2) is 24.2 Å². The van der Waals surface area contributed by atoms with Gasteiger partial charge in [-0.05, 0) is 68.8 Å². The van der Waals surface area contributed by atoms with Crippen LogP contribution >= 0.6 is 11.6 Å². The zero-order valence-electron chi connectivity index (χ0n) is 20.3. The van der Waals surface area contributed by atoms with Gasteiger partial charge in [-0.15, -0.1) is 0 Å². The van der Waals surface area contributed by atoms with Crippen LogP contribution in [0.4, 0.5) is 5.69 Å². The lowest BCUT2D eigenvalue weighted by Gasteiger charge is -2.19. The molecule has 36 heavy (non-hydrogen) atoms. The van der Waals surface area contributed by atoms with Gasteiger partial charge in [0.15, 0.2) is 16.9 Å². The normalized spacial score (nSPS) is 12.2. The van der Waals surface area contributed by atoms with Gasteiger partial charge in [0.2, 0.25) is 0 Å². The molecule has 0 saturated carbocycles. The van der Waals surface area contributed by atoms with Crippen molar-refractivity contribution in [2.75, 3.05) is 12.8 Å². The number of ether oxygens (including phenoxy) is 1. The summed E-state index contributed by atoms with van der Waals surface area (Å²) in [7, 11) is 1.66. The number of aliphatic imine (C=N–C) groups is 1. The van der Waals surface area contributed by atoms with E-state index in [4.69, 9.17) is 32.2 Å². The van der Waals surface area contributed by atoms with E-state index < -0.39 is 12.0 Å². The van der Waals surface area contributed by atoms with Crippen molar-refractivity contribution >= 4 is 40.4 Å². The molecule has 4 N–H and O–H groups in total. The van der Waals surface area contributed by atoms with Crippen LogP contribution in [0.2, 0.25) is 5.15 Å². The zero-order valence-corrected chi connectivity index (χ0v) is 21.0. The highest BCUT2D eigenvalue weighted by Gasteiger charge is 2.22. The van der Waals surface area contributed by atoms with Crippen molar-refractivity contribution in [2.45, 2.75) is 26.9 Å². The second-order valence-electron chi connectivity index (χ2n) is 8.45. The van der Waals surface area contributed by atoms with Gasteiger partial charge in [0.05, 0.1) is 5.39 Å². The second-order valence-corrected chi connectivity index (χ2v) is 8.84. The predicted octanol–water partition coefficient (Wildman–Crippen LogP) is 5.00. The number of primary amides is 1. The molecule has 0 aliphatic heterocycles. The topological polar surface area (TPSA) is 134 Å². The van der Waals surface area contributed by atoms with Crippen LogP contribution < -0.4 is 21.6 Å². The summed E-state index contributed by atoms with van der Waals surface area (Å²) in [5, 5.41) is 0.545. The number of benzene rings is 2. The maximum absolute atomic E-state index is 13.4. The number of anilines is 1. The molecule has 4 aromatic rings. The molecule has 1 atom stereocenters. The van der Waals surface area contributed by atoms with Gasteiger partial charge in [0.25, 0.3) is 5.91 Å². The van der Waals surface area contributed by atoms with Crippen LogP contribution in [0.5, 0.6) is 5.75 Å². The molecule has 0 radical (unpaired) electrons. The maximum Gasteiger partial charge on any atom is 0.271 e. The molecule has 2 aromatic heterocycles. The summed E-state index contributed by atoms with van der Waals surface area (Å²) in [6, 6.07) is 12.1. The van der Waals surface area contributed by atoms with Gasteiger partial charge in [0.1, 0.15) is 22.6 Å². The van der Waals surface area contributed by atoms with E-state index in [1.807, 2.05) is 19.1 Å². The number of fused-ring (bicyclic) bond motifs is 1. The third-order valence-electron chi connectivity index (χ3n) is 5.81. The number of pyridine rings is 1. The van der Waals surface area contributed by atoms with Crippen molar-refractivity contribution in [1.82, 2.24) is 4.98 Å². The van der Waals surface area contributed by atoms with Gasteiger partial charge >= 0.3 is 0 Å². The number of nitrogens with two attached hydrogens (primary N) is 2. The number of rotatable bonds is 6. The maximum atomic E-state index is 13.4. The number of halogens is 1. The summed E-state index contributed by atoms with van der Waals surface area (Å²) in [6.45, 7) is 5.39. The third kappa shape index (κ3) is 4.67. The molecule has 0 unspecified atom stereocenters. The summed E-state index contributed by atoms with van der Waals surface area (Å²) >= 11 is 5.92. The summed E-state index contributed by atoms with van der Waals surface area (Å²) in [4.78, 5) is 33.3. The molecule has 4 rings (SSSR count). The van der Waals surface area contributed by atoms with Crippen LogP contribution in [0.1, 0.15) is 45.8 Å². The first-order chi connectivity index (χ1) is 17.1. The van der Waals surface area contributed by atoms with Gasteiger partial charge in [-0.2, -0.15) is 0 Å². The fraction of sp³-hybridized carbons (Fsp3) is 0.185. The molecule has 0 aliphatic rings. The highest BCUT2D eigenvalue weighted by Crippen LogP contribution is 2.34. The van der Waals surface area contributed by atoms with Crippen molar-refractivity contribution < 1.29 is 13.9 Å². The first-order valence-electron chi connectivity index (χ1n) is 11.1. The minimum atomic E-state index is -0.770. The standard InChI is InChI=1S/C27H25ClN4O4/c1-13-9-18(15(3)35-21-7-8-22(28)32-23(21)27(30)34)26-19(10-13)24(33)14(2)25(36-26)16-5-6-20(29)17(11-16)12-31-4/h5-12,15H,29H2,1-4H3,(H2,30,34)/t15-/m1/s1. The van der Waals surface area contributed by atoms with Crippen LogP contribution in [0.3, 0.4) is 0 Å². The summed E-state index contributed by atoms with van der Waals surface area (Å²) < 4.78 is 12.5. The molecular weight excluding hydrogens is 480 g/mol. The van der Waals surface area contributed by atoms with Crippen LogP contribution in [0.25, 0.3) is 22.3 Å². The van der Waals surface area contributed by atoms with Crippen molar-refractivity contribution in [1.29, 1.82) is 0 Å². The van der Waals surface area contributed by atoms with Crippen molar-refractivity contribution in [3.63, 3.8) is 0 Å². The highest BCUT2D eigenvalue weighted by molar-refractivity contribution is 6.29. The molecule has 8 nitrogen and oxygen atoms in total. The second kappa shape index (κ2) is 9.83. The zero-order chi connectivity index (χ0) is 26.1. The van der Waals surface area contributed by atoms with E-state index in [9.17, 15) is 9.59 Å². The van der Waals surface area contributed by atoms with Gasteiger partial charge < -0.3 is 20.6 Å². The summed E-state index contributed by atoms with van der Waals surface area (Å²) in [5.41, 5.74) is 15.6. The number of hydrogen-bond acceptors (Lipinski definition) is 7. The Morgan fingerprint density at radius 3 is 2.64 bits per heavy atom. The number of nitrogens with zero attached hydrogens (tertiary/aromatic N) is 2. The van der Waals surface area contributed by atoms with E-state index in [0.29, 0.717) is 44.7 Å². The molecular formula is C27H25ClN4O4. The van der Waals surface area contributed by atoms with Gasteiger partial charge in [-0.1, -0.05) is 11.6 Å². The van der Waals surface area contributed by atoms with E-state index in [1.165, 1.54) is 12.1 Å². The van der Waals surface area contributed by atoms with Crippen molar-refractivity contribution in [3.05, 3.63) is 85.8 Å². The quantitative estimate of drug-likeness (QED) is 0.216. The van der Waals surface area contributed by atoms with Crippen LogP contribution in [0, 0.1) is 13.8 Å². The minimum absolute atomic E-state index is 0.0868. The van der Waals surface area contributed by atoms with E-state index in [1.54, 1.807) is 45.3 Å². The lowest BCUT2D eigenvalue weighted by molar-refractivity contribution is 0.0988. The Bertz CT molecular complexity index is 1590. The fourth-order valence-electron chi connectivity index (χ4n) is 4.06. The molecule has 9 heteroatoms. The Morgan fingerprint density at radius 1 is 1.19 bits per heavy atom. The molecule has 0 aliphatic carbocycles. The Morgan fingerprint density at radius 2 is 1.94 bits per heavy atom. The molecule has 0 saturated heterocycles. The lowest BCUT2D eigenvalue weighted by atomic mass is 9.99. The van der Waals surface area contributed by atoms with E-state index in [2.05, 4.69) is 9.98 Å². The molecule has 184 valence electrons. The number of aryl methyl sites for hydroxylation is 1. The average molecular weight is 505 g/mol. The van der Waals surface area contributed by atoms with E-state index in [0.717, 1.165) is 5.56 Å². The predicted molar refractivity (Wildman–Crippen MR) is 142 cm³/mol. The van der Waals surface area contributed by atoms with E-state index >= 15 is 0 Å². The van der Waals surface area contributed by atoms with Crippen molar-refractivity contribution in [2.24, 2.45) is 10.7 Å². The van der Waals surface area contributed by atoms with Gasteiger partial charge in [-0.3, -0.25) is 14.6 Å². The Kier molecular flexibility index (Phi) is 6.81. The number of carbonyl (C=O) groups is 1. The third-order valence-corrected chi connectivity index (χ3v) is 6.02. The lowest BCUT2D eigenvalue weighted by Crippen LogP contribution is -2.17. The molecule has 1 amide bonds. The largest absolute Gasteiger partial charge is 0.483 e. The summed E-state index contributed by atoms with van der Waals surface area (Å²) in [6.07, 6.45) is 1.02. The number of carbonyl (C=O) groups excluding carboxylic acids is 1. The smallest absolute Gasteiger partial charge is 0.271 e. The Labute approximate surface area is 212 Å². The Balaban J connectivity index is 1.90. The summed E-state index contributed by atoms with van der Waals surface area (Å²) in [5.74, 6) is -0.180. The first-order valence-corrected chi connectivity index (χ1v) is 11.5. The SMILES string of the molecule is CN=Cc1cc(-c2oc3c([C@@H](C)Oc4ccc(Cl)nc4C(N)=O)cc(C)cc3c(=O)c2C)ccc1N. The molecule has 2 aromatic carbocycles. The van der Waals surface area contributed by atoms with Gasteiger partial charge in [0, 0.05) is 41.2 Å². The van der Waals surface area contributed by atoms with Crippen LogP contribution in [0.15, 0.2) is 56.7 Å². The highest BCUT2D eigenvalue weighted by atomic mass is 35.5. The van der Waals surface area contributed by atoms with Crippen LogP contribution in [-0.2, 0) is 0 Å². The number of amides is 1. The number of aromatic nitrogens is 1. The monoisotopic (exact) mass is 504 g/mol. The minimum Gasteiger partial charge on any atom is -0.483 e.